The molecule has 0 aliphatic carbocycles. The van der Waals surface area contributed by atoms with Crippen LogP contribution in [0, 0.1) is 23.7 Å². The molecule has 0 aliphatic heterocycles. The first kappa shape index (κ1) is 55.3. The summed E-state index contributed by atoms with van der Waals surface area (Å²) < 4.78 is 0. The van der Waals surface area contributed by atoms with Crippen molar-refractivity contribution in [2.45, 2.75) is 177 Å². The van der Waals surface area contributed by atoms with Gasteiger partial charge in [-0.25, -0.2) is 9.59 Å². The molecule has 2 rings (SSSR count). The van der Waals surface area contributed by atoms with Gasteiger partial charge in [0.2, 0.25) is 5.78 Å². The number of carbonyl (C=O) groups is 7. The topological polar surface area (TPSA) is 188 Å². The molecule has 0 saturated carbocycles. The van der Waals surface area contributed by atoms with Crippen molar-refractivity contribution >= 4 is 41.0 Å². The lowest BCUT2D eigenvalue weighted by Crippen LogP contribution is -2.52. The Morgan fingerprint density at radius 2 is 0.968 bits per heavy atom. The molecule has 2 aromatic rings. The van der Waals surface area contributed by atoms with E-state index in [1.807, 2.05) is 144 Å². The number of carbonyl (C=O) groups excluding carboxylic acids is 7. The van der Waals surface area contributed by atoms with E-state index < -0.39 is 64.7 Å². The van der Waals surface area contributed by atoms with E-state index in [0.717, 1.165) is 11.1 Å². The molecule has 0 bridgehead atoms. The molecule has 0 heterocycles. The van der Waals surface area contributed by atoms with Gasteiger partial charge in [0, 0.05) is 48.6 Å². The monoisotopic (exact) mass is 863 g/mol. The lowest BCUT2D eigenvalue weighted by Gasteiger charge is -2.27. The van der Waals surface area contributed by atoms with Crippen LogP contribution in [0.2, 0.25) is 0 Å². The third-order valence-corrected chi connectivity index (χ3v) is 9.75. The van der Waals surface area contributed by atoms with Gasteiger partial charge < -0.3 is 26.4 Å². The van der Waals surface area contributed by atoms with Crippen LogP contribution in [0.1, 0.15) is 146 Å². The summed E-state index contributed by atoms with van der Waals surface area (Å²) in [7, 11) is 0. The summed E-state index contributed by atoms with van der Waals surface area (Å²) >= 11 is 0. The second kappa shape index (κ2) is 27.4. The van der Waals surface area contributed by atoms with Crippen molar-refractivity contribution in [3.8, 4) is 0 Å². The molecule has 0 aromatic heterocycles. The van der Waals surface area contributed by atoms with Gasteiger partial charge in [-0.05, 0) is 103 Å². The van der Waals surface area contributed by atoms with Crippen LogP contribution in [0.4, 0.5) is 9.59 Å². The molecular formula is C50H78N4O8. The largest absolute Gasteiger partial charge is 0.385 e. The van der Waals surface area contributed by atoms with E-state index in [2.05, 4.69) is 21.3 Å². The number of rotatable bonds is 24. The number of benzene rings is 2. The highest BCUT2D eigenvalue weighted by Gasteiger charge is 2.33. The molecule has 0 saturated heterocycles. The number of amides is 4. The smallest absolute Gasteiger partial charge is 0.315 e. The maximum atomic E-state index is 13.2. The molecule has 0 aliphatic rings. The van der Waals surface area contributed by atoms with Crippen molar-refractivity contribution in [3.63, 3.8) is 0 Å². The van der Waals surface area contributed by atoms with Gasteiger partial charge in [-0.15, -0.1) is 0 Å². The molecule has 0 spiro atoms. The van der Waals surface area contributed by atoms with Crippen LogP contribution < -0.4 is 21.3 Å². The van der Waals surface area contributed by atoms with Gasteiger partial charge >= 0.3 is 12.1 Å². The van der Waals surface area contributed by atoms with Crippen LogP contribution in [0.5, 0.6) is 0 Å². The number of aliphatic hydroxyl groups excluding tert-OH is 1. The Balaban J connectivity index is 0.000000620. The predicted molar refractivity (Wildman–Crippen MR) is 247 cm³/mol. The summed E-state index contributed by atoms with van der Waals surface area (Å²) in [6, 6.07) is 16.7. The van der Waals surface area contributed by atoms with E-state index in [1.165, 1.54) is 0 Å². The van der Waals surface area contributed by atoms with E-state index >= 15 is 0 Å². The summed E-state index contributed by atoms with van der Waals surface area (Å²) in [4.78, 5) is 88.6. The molecule has 62 heavy (non-hydrogen) atoms. The Labute approximate surface area is 371 Å². The number of hydrogen-bond donors (Lipinski definition) is 5. The van der Waals surface area contributed by atoms with Gasteiger partial charge in [-0.3, -0.25) is 24.0 Å². The van der Waals surface area contributed by atoms with E-state index in [1.54, 1.807) is 0 Å². The third kappa shape index (κ3) is 23.5. The molecule has 0 fully saturated rings. The maximum Gasteiger partial charge on any atom is 0.315 e. The minimum Gasteiger partial charge on any atom is -0.385 e. The number of Topliss-reactive ketones (excluding diaryl/α,β-unsaturated/α-hetero) is 5. The fourth-order valence-electron chi connectivity index (χ4n) is 6.94. The van der Waals surface area contributed by atoms with Gasteiger partial charge in [-0.2, -0.15) is 0 Å². The standard InChI is InChI=1S/C25H40N2O4.C25H38N2O4/c2*1-7-11-21(28)23(30)19(15-18-12-9-8-10-13-18)16-22(29)20(14-17(2)3)26-24(31)27-25(4,5)6/h8-10,12-13,17,19-20,23,30H,7,11,14-16H2,1-6H3,(H2,26,27,31);8-10,12-13,17,19-20H,7,11,14-16H2,1-6H3,(H2,26,27,31)/t19?,20-,23?;19?,20-/m00/s1. The summed E-state index contributed by atoms with van der Waals surface area (Å²) in [5.41, 5.74) is 1.00. The molecule has 5 N–H and O–H groups in total. The van der Waals surface area contributed by atoms with Crippen LogP contribution in [0.15, 0.2) is 60.7 Å². The van der Waals surface area contributed by atoms with Gasteiger partial charge in [-0.1, -0.05) is 102 Å². The average molecular weight is 863 g/mol. The quantitative estimate of drug-likeness (QED) is 0.0652. The highest BCUT2D eigenvalue weighted by molar-refractivity contribution is 6.38. The molecule has 12 nitrogen and oxygen atoms in total. The fraction of sp³-hybridized carbons (Fsp3) is 0.620. The van der Waals surface area contributed by atoms with Gasteiger partial charge in [0.05, 0.1) is 12.1 Å². The molecule has 4 amide bonds. The number of ketones is 5. The van der Waals surface area contributed by atoms with Crippen molar-refractivity contribution in [1.82, 2.24) is 21.3 Å². The van der Waals surface area contributed by atoms with Gasteiger partial charge in [0.25, 0.3) is 0 Å². The Hall–Kier alpha value is -4.71. The molecule has 3 unspecified atom stereocenters. The summed E-state index contributed by atoms with van der Waals surface area (Å²) in [6.45, 7) is 22.9. The Morgan fingerprint density at radius 3 is 1.35 bits per heavy atom. The molecular weight excluding hydrogens is 785 g/mol. The van der Waals surface area contributed by atoms with Crippen molar-refractivity contribution < 1.29 is 38.7 Å². The summed E-state index contributed by atoms with van der Waals surface area (Å²) in [5.74, 6) is -2.45. The maximum absolute atomic E-state index is 13.2. The second-order valence-electron chi connectivity index (χ2n) is 19.4. The number of hydrogen-bond acceptors (Lipinski definition) is 8. The molecule has 0 radical (unpaired) electrons. The van der Waals surface area contributed by atoms with Crippen LogP contribution in [0.25, 0.3) is 0 Å². The molecule has 346 valence electrons. The zero-order valence-corrected chi connectivity index (χ0v) is 39.7. The van der Waals surface area contributed by atoms with Crippen molar-refractivity contribution in [2.75, 3.05) is 0 Å². The average Bonchev–Trinajstić information content (AvgIpc) is 3.15. The molecule has 12 heteroatoms. The van der Waals surface area contributed by atoms with Crippen molar-refractivity contribution in [3.05, 3.63) is 71.8 Å². The van der Waals surface area contributed by atoms with Gasteiger partial charge in [0.1, 0.15) is 6.10 Å². The summed E-state index contributed by atoms with van der Waals surface area (Å²) in [5, 5.41) is 21.9. The number of nitrogens with one attached hydrogen (secondary N) is 4. The van der Waals surface area contributed by atoms with Crippen LogP contribution >= 0.6 is 0 Å². The SMILES string of the molecule is CCCC(=O)C(=O)C(CC(=O)[C@H](CC(C)C)NC(=O)NC(C)(C)C)Cc1ccccc1.CCCC(=O)C(O)C(CC(=O)[C@H](CC(C)C)NC(=O)NC(C)(C)C)Cc1ccccc1. The summed E-state index contributed by atoms with van der Waals surface area (Å²) in [6.07, 6.45) is 2.14. The minimum absolute atomic E-state index is 0.0265. The van der Waals surface area contributed by atoms with Crippen LogP contribution in [0.3, 0.4) is 0 Å². The number of aliphatic hydroxyl groups is 1. The van der Waals surface area contributed by atoms with E-state index in [4.69, 9.17) is 0 Å². The first-order valence-electron chi connectivity index (χ1n) is 22.4. The predicted octanol–water partition coefficient (Wildman–Crippen LogP) is 8.30. The normalized spacial score (nSPS) is 14.0. The highest BCUT2D eigenvalue weighted by Crippen LogP contribution is 2.22. The Bertz CT molecular complexity index is 1710. The zero-order valence-electron chi connectivity index (χ0n) is 39.7. The zero-order chi connectivity index (χ0) is 47.2. The first-order chi connectivity index (χ1) is 28.8. The number of urea groups is 2. The molecule has 2 aromatic carbocycles. The van der Waals surface area contributed by atoms with Crippen LogP contribution in [-0.2, 0) is 36.8 Å². The highest BCUT2D eigenvalue weighted by atomic mass is 16.3. The third-order valence-electron chi connectivity index (χ3n) is 9.75. The second-order valence-corrected chi connectivity index (χ2v) is 19.4. The minimum atomic E-state index is -1.20. The van der Waals surface area contributed by atoms with Gasteiger partial charge in [0.15, 0.2) is 23.1 Å². The van der Waals surface area contributed by atoms with E-state index in [0.29, 0.717) is 38.5 Å². The van der Waals surface area contributed by atoms with E-state index in [9.17, 15) is 38.7 Å². The Morgan fingerprint density at radius 1 is 0.565 bits per heavy atom. The Kier molecular flexibility index (Phi) is 24.4. The fourth-order valence-corrected chi connectivity index (χ4v) is 6.94. The first-order valence-corrected chi connectivity index (χ1v) is 22.4. The van der Waals surface area contributed by atoms with Crippen LogP contribution in [-0.4, -0.2) is 75.4 Å². The van der Waals surface area contributed by atoms with E-state index in [-0.39, 0.29) is 54.9 Å². The molecule has 5 atom stereocenters. The lowest BCUT2D eigenvalue weighted by molar-refractivity contribution is -0.140. The van der Waals surface area contributed by atoms with Crippen molar-refractivity contribution in [1.29, 1.82) is 0 Å². The van der Waals surface area contributed by atoms with Crippen molar-refractivity contribution in [2.24, 2.45) is 23.7 Å². The lowest BCUT2D eigenvalue weighted by atomic mass is 9.84.